The minimum atomic E-state index is -0.350. The summed E-state index contributed by atoms with van der Waals surface area (Å²) in [4.78, 5) is 18.1. The number of para-hydroxylation sites is 1. The Morgan fingerprint density at radius 2 is 1.66 bits per heavy atom. The van der Waals surface area contributed by atoms with Gasteiger partial charge in [-0.2, -0.15) is 5.10 Å². The van der Waals surface area contributed by atoms with Crippen molar-refractivity contribution in [2.75, 3.05) is 31.1 Å². The molecule has 162 valence electrons. The minimum absolute atomic E-state index is 0.155. The Bertz CT molecular complexity index is 1230. The van der Waals surface area contributed by atoms with Gasteiger partial charge in [0.1, 0.15) is 23.0 Å². The maximum absolute atomic E-state index is 14.1. The van der Waals surface area contributed by atoms with Crippen LogP contribution >= 0.6 is 11.3 Å². The number of hydrogen-bond acceptors (Lipinski definition) is 4. The van der Waals surface area contributed by atoms with Crippen molar-refractivity contribution in [3.05, 3.63) is 89.4 Å². The molecule has 0 unspecified atom stereocenters. The zero-order valence-electron chi connectivity index (χ0n) is 17.1. The van der Waals surface area contributed by atoms with Gasteiger partial charge >= 0.3 is 0 Å². The first kappa shape index (κ1) is 20.4. The summed E-state index contributed by atoms with van der Waals surface area (Å²) in [5, 5.41) is 6.59. The smallest absolute Gasteiger partial charge is 0.272 e. The summed E-state index contributed by atoms with van der Waals surface area (Å²) in [6.07, 6.45) is 0. The zero-order valence-corrected chi connectivity index (χ0v) is 17.9. The van der Waals surface area contributed by atoms with Crippen LogP contribution < -0.4 is 4.90 Å². The van der Waals surface area contributed by atoms with Crippen molar-refractivity contribution in [2.24, 2.45) is 0 Å². The molecule has 0 radical (unpaired) electrons. The number of hydrogen-bond donors (Lipinski definition) is 0. The quantitative estimate of drug-likeness (QED) is 0.447. The Morgan fingerprint density at radius 3 is 2.34 bits per heavy atom. The van der Waals surface area contributed by atoms with Crippen molar-refractivity contribution >= 4 is 22.9 Å². The number of halogens is 2. The van der Waals surface area contributed by atoms with Gasteiger partial charge in [-0.3, -0.25) is 4.79 Å². The van der Waals surface area contributed by atoms with E-state index in [1.54, 1.807) is 39.9 Å². The second kappa shape index (κ2) is 8.55. The maximum Gasteiger partial charge on any atom is 0.272 e. The number of nitrogens with zero attached hydrogens (tertiary/aromatic N) is 4. The molecule has 0 atom stereocenters. The SMILES string of the molecule is O=C(c1cc(-c2cccs2)nn1-c1ccc(F)cc1)N1CCN(c2ccccc2F)CC1. The number of carbonyl (C=O) groups is 1. The summed E-state index contributed by atoms with van der Waals surface area (Å²) in [5.41, 5.74) is 2.27. The maximum atomic E-state index is 14.1. The Morgan fingerprint density at radius 1 is 0.906 bits per heavy atom. The van der Waals surface area contributed by atoms with E-state index in [-0.39, 0.29) is 17.5 Å². The molecule has 0 saturated carbocycles. The number of rotatable bonds is 4. The predicted octanol–water partition coefficient (Wildman–Crippen LogP) is 4.84. The summed E-state index contributed by atoms with van der Waals surface area (Å²) >= 11 is 1.54. The molecular weight excluding hydrogens is 430 g/mol. The van der Waals surface area contributed by atoms with Gasteiger partial charge in [-0.05, 0) is 53.9 Å². The van der Waals surface area contributed by atoms with Crippen LogP contribution in [0.3, 0.4) is 0 Å². The molecule has 1 aliphatic rings. The highest BCUT2D eigenvalue weighted by Crippen LogP contribution is 2.27. The Hall–Kier alpha value is -3.52. The first-order chi connectivity index (χ1) is 15.6. The van der Waals surface area contributed by atoms with Gasteiger partial charge in [0.05, 0.1) is 16.3 Å². The molecule has 8 heteroatoms. The van der Waals surface area contributed by atoms with Crippen LogP contribution in [-0.2, 0) is 0 Å². The highest BCUT2D eigenvalue weighted by molar-refractivity contribution is 7.13. The molecule has 3 heterocycles. The van der Waals surface area contributed by atoms with Gasteiger partial charge in [0.25, 0.3) is 5.91 Å². The fourth-order valence-electron chi connectivity index (χ4n) is 3.88. The van der Waals surface area contributed by atoms with Gasteiger partial charge in [0.15, 0.2) is 0 Å². The summed E-state index contributed by atoms with van der Waals surface area (Å²) in [5.74, 6) is -0.767. The van der Waals surface area contributed by atoms with Gasteiger partial charge in [0.2, 0.25) is 0 Å². The van der Waals surface area contributed by atoms with Crippen LogP contribution in [0.15, 0.2) is 72.1 Å². The first-order valence-corrected chi connectivity index (χ1v) is 11.2. The molecule has 0 bridgehead atoms. The van der Waals surface area contributed by atoms with Crippen LogP contribution in [0.25, 0.3) is 16.3 Å². The molecule has 5 rings (SSSR count). The summed E-state index contributed by atoms with van der Waals surface area (Å²) < 4.78 is 29.2. The van der Waals surface area contributed by atoms with Crippen LogP contribution in [-0.4, -0.2) is 46.8 Å². The van der Waals surface area contributed by atoms with Crippen molar-refractivity contribution in [1.29, 1.82) is 0 Å². The number of amides is 1. The van der Waals surface area contributed by atoms with Crippen LogP contribution in [0, 0.1) is 11.6 Å². The van der Waals surface area contributed by atoms with E-state index in [0.717, 1.165) is 4.88 Å². The van der Waals surface area contributed by atoms with Crippen molar-refractivity contribution in [2.45, 2.75) is 0 Å². The van der Waals surface area contributed by atoms with E-state index in [9.17, 15) is 13.6 Å². The molecule has 32 heavy (non-hydrogen) atoms. The molecule has 1 saturated heterocycles. The van der Waals surface area contributed by atoms with Gasteiger partial charge in [0, 0.05) is 26.2 Å². The van der Waals surface area contributed by atoms with Crippen LogP contribution in [0.4, 0.5) is 14.5 Å². The number of thiophene rings is 1. The summed E-state index contributed by atoms with van der Waals surface area (Å²) in [7, 11) is 0. The average molecular weight is 451 g/mol. The molecule has 0 N–H and O–H groups in total. The molecule has 1 aliphatic heterocycles. The second-order valence-corrected chi connectivity index (χ2v) is 8.46. The largest absolute Gasteiger partial charge is 0.366 e. The molecule has 4 aromatic rings. The van der Waals surface area contributed by atoms with Gasteiger partial charge < -0.3 is 9.80 Å². The van der Waals surface area contributed by atoms with E-state index in [4.69, 9.17) is 0 Å². The van der Waals surface area contributed by atoms with Gasteiger partial charge in [-0.25, -0.2) is 13.5 Å². The number of carbonyl (C=O) groups excluding carboxylic acids is 1. The molecule has 2 aromatic heterocycles. The third kappa shape index (κ3) is 3.89. The first-order valence-electron chi connectivity index (χ1n) is 10.3. The van der Waals surface area contributed by atoms with Crippen LogP contribution in [0.5, 0.6) is 0 Å². The Labute approximate surface area is 188 Å². The highest BCUT2D eigenvalue weighted by Gasteiger charge is 2.27. The second-order valence-electron chi connectivity index (χ2n) is 7.51. The van der Waals surface area contributed by atoms with Crippen molar-refractivity contribution in [3.63, 3.8) is 0 Å². The highest BCUT2D eigenvalue weighted by atomic mass is 32.1. The fraction of sp³-hybridized carbons (Fsp3) is 0.167. The molecule has 2 aromatic carbocycles. The fourth-order valence-corrected chi connectivity index (χ4v) is 4.56. The third-order valence-corrected chi connectivity index (χ3v) is 6.43. The summed E-state index contributed by atoms with van der Waals surface area (Å²) in [6, 6.07) is 18.2. The molecule has 1 amide bonds. The van der Waals surface area contributed by atoms with E-state index >= 15 is 0 Å². The van der Waals surface area contributed by atoms with Crippen molar-refractivity contribution in [3.8, 4) is 16.3 Å². The lowest BCUT2D eigenvalue weighted by Crippen LogP contribution is -2.49. The minimum Gasteiger partial charge on any atom is -0.366 e. The van der Waals surface area contributed by atoms with Gasteiger partial charge in [-0.15, -0.1) is 11.3 Å². The van der Waals surface area contributed by atoms with Crippen LogP contribution in [0.2, 0.25) is 0 Å². The van der Waals surface area contributed by atoms with E-state index in [1.807, 2.05) is 28.5 Å². The topological polar surface area (TPSA) is 41.4 Å². The van der Waals surface area contributed by atoms with Crippen LogP contribution in [0.1, 0.15) is 10.5 Å². The standard InChI is InChI=1S/C24H20F2N4OS/c25-17-7-9-18(10-8-17)30-22(16-20(27-30)23-6-3-15-32-23)24(31)29-13-11-28(12-14-29)21-5-2-1-4-19(21)26/h1-10,15-16H,11-14H2. The average Bonchev–Trinajstić information content (AvgIpc) is 3.50. The lowest BCUT2D eigenvalue weighted by molar-refractivity contribution is 0.0737. The lowest BCUT2D eigenvalue weighted by Gasteiger charge is -2.36. The predicted molar refractivity (Wildman–Crippen MR) is 121 cm³/mol. The third-order valence-electron chi connectivity index (χ3n) is 5.53. The van der Waals surface area contributed by atoms with Crippen molar-refractivity contribution in [1.82, 2.24) is 14.7 Å². The Kier molecular flexibility index (Phi) is 5.45. The molecule has 5 nitrogen and oxygen atoms in total. The van der Waals surface area contributed by atoms with Gasteiger partial charge in [-0.1, -0.05) is 18.2 Å². The summed E-state index contributed by atoms with van der Waals surface area (Å²) in [6.45, 7) is 2.01. The number of aromatic nitrogens is 2. The lowest BCUT2D eigenvalue weighted by atomic mass is 10.2. The van der Waals surface area contributed by atoms with E-state index in [1.165, 1.54) is 29.5 Å². The van der Waals surface area contributed by atoms with Crippen molar-refractivity contribution < 1.29 is 13.6 Å². The normalized spacial score (nSPS) is 14.1. The molecule has 0 spiro atoms. The molecule has 0 aliphatic carbocycles. The zero-order chi connectivity index (χ0) is 22.1. The molecule has 1 fully saturated rings. The monoisotopic (exact) mass is 450 g/mol. The van der Waals surface area contributed by atoms with E-state index in [0.29, 0.717) is 48.9 Å². The van der Waals surface area contributed by atoms with E-state index < -0.39 is 0 Å². The number of anilines is 1. The Balaban J connectivity index is 1.42. The molecular formula is C24H20F2N4OS. The van der Waals surface area contributed by atoms with E-state index in [2.05, 4.69) is 5.10 Å². The number of piperazine rings is 1. The number of benzene rings is 2.